The minimum atomic E-state index is -0.817. The van der Waals surface area contributed by atoms with Gasteiger partial charge in [0, 0.05) is 19.3 Å². The zero-order valence-electron chi connectivity index (χ0n) is 40.8. The third kappa shape index (κ3) is 49.2. The summed E-state index contributed by atoms with van der Waals surface area (Å²) in [5, 5.41) is 0. The second kappa shape index (κ2) is 51.0. The second-order valence-corrected chi connectivity index (χ2v) is 16.8. The first-order valence-corrected chi connectivity index (χ1v) is 25.8. The molecule has 0 bridgehead atoms. The van der Waals surface area contributed by atoms with Crippen LogP contribution in [0.15, 0.2) is 97.2 Å². The van der Waals surface area contributed by atoms with Gasteiger partial charge in [0.2, 0.25) is 0 Å². The molecule has 0 saturated heterocycles. The molecule has 358 valence electrons. The lowest BCUT2D eigenvalue weighted by Gasteiger charge is -2.18. The fourth-order valence-corrected chi connectivity index (χ4v) is 6.80. The number of esters is 3. The Hall–Kier alpha value is -3.67. The monoisotopic (exact) mass is 875 g/mol. The molecule has 0 rings (SSSR count). The number of unbranched alkanes of at least 4 members (excludes halogenated alkanes) is 23. The molecule has 0 N–H and O–H groups in total. The average Bonchev–Trinajstić information content (AvgIpc) is 3.28. The molecule has 0 aliphatic rings. The zero-order valence-corrected chi connectivity index (χ0v) is 40.8. The van der Waals surface area contributed by atoms with Crippen LogP contribution in [-0.4, -0.2) is 37.2 Å². The number of carbonyl (C=O) groups excluding carboxylic acids is 3. The van der Waals surface area contributed by atoms with E-state index < -0.39 is 6.10 Å². The topological polar surface area (TPSA) is 78.9 Å². The summed E-state index contributed by atoms with van der Waals surface area (Å²) in [6.07, 6.45) is 66.8. The van der Waals surface area contributed by atoms with E-state index in [4.69, 9.17) is 14.2 Å². The summed E-state index contributed by atoms with van der Waals surface area (Å²) >= 11 is 0. The first kappa shape index (κ1) is 59.3. The predicted octanol–water partition coefficient (Wildman–Crippen LogP) is 17.0. The summed E-state index contributed by atoms with van der Waals surface area (Å²) in [5.41, 5.74) is 0. The molecule has 1 atom stereocenters. The molecular formula is C57H94O6. The molecule has 6 heteroatoms. The molecule has 63 heavy (non-hydrogen) atoms. The van der Waals surface area contributed by atoms with E-state index >= 15 is 0 Å². The van der Waals surface area contributed by atoms with Gasteiger partial charge in [-0.2, -0.15) is 0 Å². The Labute approximate surface area is 387 Å². The van der Waals surface area contributed by atoms with Gasteiger partial charge in [0.1, 0.15) is 13.2 Å². The van der Waals surface area contributed by atoms with Crippen molar-refractivity contribution in [3.05, 3.63) is 97.2 Å². The molecule has 6 nitrogen and oxygen atoms in total. The molecule has 0 saturated carbocycles. The van der Waals surface area contributed by atoms with Gasteiger partial charge in [0.15, 0.2) is 6.10 Å². The minimum absolute atomic E-state index is 0.112. The molecule has 0 aliphatic heterocycles. The molecule has 0 aromatic heterocycles. The summed E-state index contributed by atoms with van der Waals surface area (Å²) in [4.78, 5) is 38.0. The number of allylic oxidation sites excluding steroid dienone is 16. The summed E-state index contributed by atoms with van der Waals surface area (Å²) in [7, 11) is 0. The molecule has 0 spiro atoms. The van der Waals surface area contributed by atoms with E-state index in [9.17, 15) is 14.4 Å². The van der Waals surface area contributed by atoms with Crippen LogP contribution in [0, 0.1) is 0 Å². The van der Waals surface area contributed by atoms with E-state index in [0.29, 0.717) is 19.3 Å². The van der Waals surface area contributed by atoms with Crippen molar-refractivity contribution in [2.75, 3.05) is 13.2 Å². The van der Waals surface area contributed by atoms with Crippen molar-refractivity contribution in [3.8, 4) is 0 Å². The van der Waals surface area contributed by atoms with Gasteiger partial charge in [-0.25, -0.2) is 0 Å². The van der Waals surface area contributed by atoms with Crippen LogP contribution in [0.5, 0.6) is 0 Å². The Morgan fingerprint density at radius 1 is 0.333 bits per heavy atom. The molecule has 0 aliphatic carbocycles. The zero-order chi connectivity index (χ0) is 45.8. The summed E-state index contributed by atoms with van der Waals surface area (Å²) in [5.74, 6) is -0.999. The van der Waals surface area contributed by atoms with Crippen LogP contribution in [0.4, 0.5) is 0 Å². The van der Waals surface area contributed by atoms with Crippen LogP contribution in [0.25, 0.3) is 0 Å². The quantitative estimate of drug-likeness (QED) is 0.0199. The van der Waals surface area contributed by atoms with Crippen molar-refractivity contribution >= 4 is 17.9 Å². The van der Waals surface area contributed by atoms with Crippen molar-refractivity contribution in [1.82, 2.24) is 0 Å². The van der Waals surface area contributed by atoms with Crippen LogP contribution in [-0.2, 0) is 28.6 Å². The Kier molecular flexibility index (Phi) is 48.0. The maximum absolute atomic E-state index is 12.8. The van der Waals surface area contributed by atoms with Crippen molar-refractivity contribution in [3.63, 3.8) is 0 Å². The van der Waals surface area contributed by atoms with Gasteiger partial charge in [-0.3, -0.25) is 14.4 Å². The Morgan fingerprint density at radius 3 is 1.03 bits per heavy atom. The van der Waals surface area contributed by atoms with Crippen molar-refractivity contribution in [2.45, 2.75) is 232 Å². The van der Waals surface area contributed by atoms with Crippen LogP contribution < -0.4 is 0 Å². The highest BCUT2D eigenvalue weighted by atomic mass is 16.6. The maximum atomic E-state index is 12.8. The lowest BCUT2D eigenvalue weighted by Crippen LogP contribution is -2.30. The smallest absolute Gasteiger partial charge is 0.306 e. The first-order valence-electron chi connectivity index (χ1n) is 25.8. The number of rotatable bonds is 45. The van der Waals surface area contributed by atoms with Crippen LogP contribution >= 0.6 is 0 Å². The third-order valence-corrected chi connectivity index (χ3v) is 10.7. The minimum Gasteiger partial charge on any atom is -0.462 e. The predicted molar refractivity (Wildman–Crippen MR) is 270 cm³/mol. The van der Waals surface area contributed by atoms with Gasteiger partial charge in [0.05, 0.1) is 0 Å². The van der Waals surface area contributed by atoms with Crippen molar-refractivity contribution < 1.29 is 28.6 Å². The Morgan fingerprint density at radius 2 is 0.635 bits per heavy atom. The second-order valence-electron chi connectivity index (χ2n) is 16.8. The maximum Gasteiger partial charge on any atom is 0.306 e. The van der Waals surface area contributed by atoms with Gasteiger partial charge < -0.3 is 14.2 Å². The first-order chi connectivity index (χ1) is 31.0. The van der Waals surface area contributed by atoms with E-state index in [0.717, 1.165) is 89.9 Å². The molecule has 1 unspecified atom stereocenters. The van der Waals surface area contributed by atoms with Crippen molar-refractivity contribution in [1.29, 1.82) is 0 Å². The van der Waals surface area contributed by atoms with Gasteiger partial charge in [-0.15, -0.1) is 0 Å². The van der Waals surface area contributed by atoms with Gasteiger partial charge in [-0.1, -0.05) is 214 Å². The van der Waals surface area contributed by atoms with Crippen molar-refractivity contribution in [2.24, 2.45) is 0 Å². The fraction of sp³-hybridized carbons (Fsp3) is 0.667. The SMILES string of the molecule is CC\C=C/C=C\C=C/C=C\C=C/CCCCCC(=O)OC(COC(=O)CCCCC/C=C\C=C/CCCCCCCCC)COC(=O)CCCCC/C=C\CCCCCCCCC. The molecule has 0 heterocycles. The molecule has 0 amide bonds. The fourth-order valence-electron chi connectivity index (χ4n) is 6.80. The Bertz CT molecular complexity index is 1280. The lowest BCUT2D eigenvalue weighted by molar-refractivity contribution is -0.167. The largest absolute Gasteiger partial charge is 0.462 e. The highest BCUT2D eigenvalue weighted by molar-refractivity contribution is 5.71. The van der Waals surface area contributed by atoms with E-state index in [1.165, 1.54) is 89.9 Å². The highest BCUT2D eigenvalue weighted by Gasteiger charge is 2.19. The molecule has 0 aromatic carbocycles. The number of hydrogen-bond donors (Lipinski definition) is 0. The van der Waals surface area contributed by atoms with Gasteiger partial charge >= 0.3 is 17.9 Å². The molecule has 0 aromatic rings. The summed E-state index contributed by atoms with van der Waals surface area (Å²) in [6, 6.07) is 0. The van der Waals surface area contributed by atoms with Gasteiger partial charge in [0.25, 0.3) is 0 Å². The number of hydrogen-bond acceptors (Lipinski definition) is 6. The van der Waals surface area contributed by atoms with Crippen LogP contribution in [0.3, 0.4) is 0 Å². The van der Waals surface area contributed by atoms with E-state index in [1.807, 2.05) is 48.6 Å². The Balaban J connectivity index is 4.54. The molecule has 0 fully saturated rings. The average molecular weight is 875 g/mol. The number of ether oxygens (including phenoxy) is 3. The van der Waals surface area contributed by atoms with E-state index in [-0.39, 0.29) is 37.5 Å². The lowest BCUT2D eigenvalue weighted by atomic mass is 10.1. The highest BCUT2D eigenvalue weighted by Crippen LogP contribution is 2.13. The summed E-state index contributed by atoms with van der Waals surface area (Å²) in [6.45, 7) is 6.40. The standard InChI is InChI=1S/C57H94O6/c1-4-7-10-13-16-19-22-25-28-30-32-35-38-41-44-47-50-56(59)62-53-54(52-61-55(58)49-46-43-40-37-34-31-27-24-21-18-15-12-9-6-3)63-57(60)51-48-45-42-39-36-33-29-26-23-20-17-14-11-8-5-2/h8,11,14,17,20,23,26,28-36,54H,4-7,9-10,12-13,15-16,18-19,21-22,24-25,27,37-53H2,1-3H3/b11-8-,17-14-,23-20-,29-26-,30-28-,34-31-,35-32-,36-33-. The van der Waals surface area contributed by atoms with Gasteiger partial charge in [-0.05, 0) is 89.9 Å². The van der Waals surface area contributed by atoms with E-state index in [2.05, 4.69) is 69.4 Å². The molecule has 0 radical (unpaired) electrons. The molecular weight excluding hydrogens is 781 g/mol. The summed E-state index contributed by atoms with van der Waals surface area (Å²) < 4.78 is 16.7. The normalized spacial score (nSPS) is 12.9. The van der Waals surface area contributed by atoms with E-state index in [1.54, 1.807) is 0 Å². The van der Waals surface area contributed by atoms with Crippen LogP contribution in [0.2, 0.25) is 0 Å². The number of carbonyl (C=O) groups is 3. The van der Waals surface area contributed by atoms with Crippen LogP contribution in [0.1, 0.15) is 226 Å². The third-order valence-electron chi connectivity index (χ3n) is 10.7.